The number of allylic oxidation sites excluding steroid dienone is 1. The maximum atomic E-state index is 6.12. The quantitative estimate of drug-likeness (QED) is 0.736. The van der Waals surface area contributed by atoms with Crippen LogP contribution in [0.4, 0.5) is 11.4 Å². The third kappa shape index (κ3) is 2.65. The van der Waals surface area contributed by atoms with Gasteiger partial charge in [0.15, 0.2) is 5.84 Å². The molecule has 21 heavy (non-hydrogen) atoms. The van der Waals surface area contributed by atoms with Crippen LogP contribution < -0.4 is 4.90 Å². The molecule has 0 spiro atoms. The van der Waals surface area contributed by atoms with Gasteiger partial charge in [-0.3, -0.25) is 0 Å². The number of piperazine rings is 1. The Morgan fingerprint density at radius 3 is 2.52 bits per heavy atom. The Kier molecular flexibility index (Phi) is 3.91. The third-order valence-electron chi connectivity index (χ3n) is 4.19. The number of aliphatic imine (C=N–C) groups is 1. The molecule has 0 unspecified atom stereocenters. The maximum absolute atomic E-state index is 6.12. The van der Waals surface area contributed by atoms with E-state index in [9.17, 15) is 0 Å². The van der Waals surface area contributed by atoms with Gasteiger partial charge in [0.2, 0.25) is 0 Å². The number of nitrogens with zero attached hydrogens (tertiary/aromatic N) is 4. The number of likely N-dealkylation sites (N-methyl/N-ethyl adjacent to an activating group) is 2. The summed E-state index contributed by atoms with van der Waals surface area (Å²) in [6, 6.07) is 5.88. The van der Waals surface area contributed by atoms with Gasteiger partial charge in [-0.2, -0.15) is 0 Å². The number of fused-ring (bicyclic) bond motifs is 1. The van der Waals surface area contributed by atoms with Gasteiger partial charge in [-0.15, -0.1) is 0 Å². The lowest BCUT2D eigenvalue weighted by molar-refractivity contribution is 0.215. The molecule has 0 saturated carbocycles. The molecule has 0 bridgehead atoms. The van der Waals surface area contributed by atoms with Gasteiger partial charge >= 0.3 is 0 Å². The van der Waals surface area contributed by atoms with Gasteiger partial charge in [0.25, 0.3) is 0 Å². The highest BCUT2D eigenvalue weighted by Crippen LogP contribution is 2.37. The van der Waals surface area contributed by atoms with Crippen LogP contribution in [0.1, 0.15) is 6.92 Å². The summed E-state index contributed by atoms with van der Waals surface area (Å²) in [4.78, 5) is 11.8. The molecule has 1 fully saturated rings. The fraction of sp³-hybridized carbons (Fsp3) is 0.438. The first-order valence-corrected chi connectivity index (χ1v) is 7.70. The number of hydrogen-bond acceptors (Lipinski definition) is 4. The highest BCUT2D eigenvalue weighted by molar-refractivity contribution is 6.31. The van der Waals surface area contributed by atoms with Crippen molar-refractivity contribution in [1.82, 2.24) is 9.80 Å². The van der Waals surface area contributed by atoms with Gasteiger partial charge in [-0.05, 0) is 32.2 Å². The summed E-state index contributed by atoms with van der Waals surface area (Å²) in [6.45, 7) is 6.25. The van der Waals surface area contributed by atoms with E-state index < -0.39 is 0 Å². The van der Waals surface area contributed by atoms with Crippen LogP contribution in [-0.4, -0.2) is 55.9 Å². The molecule has 1 aromatic rings. The summed E-state index contributed by atoms with van der Waals surface area (Å²) >= 11 is 6.12. The van der Waals surface area contributed by atoms with E-state index in [2.05, 4.69) is 41.8 Å². The standard InChI is InChI=1S/C16H21ClN4/c1-4-14-16(21-9-7-19(2)8-10-21)18-13-6-5-12(17)11-15(13)20(14)3/h4-6,11H,7-10H2,1-3H3/b14-4-. The average molecular weight is 305 g/mol. The third-order valence-corrected chi connectivity index (χ3v) is 4.43. The van der Waals surface area contributed by atoms with E-state index >= 15 is 0 Å². The van der Waals surface area contributed by atoms with E-state index in [1.807, 2.05) is 18.2 Å². The number of benzene rings is 1. The van der Waals surface area contributed by atoms with E-state index in [0.29, 0.717) is 0 Å². The molecule has 0 aromatic heterocycles. The van der Waals surface area contributed by atoms with Crippen molar-refractivity contribution >= 4 is 28.8 Å². The van der Waals surface area contributed by atoms with Crippen molar-refractivity contribution in [2.24, 2.45) is 4.99 Å². The average Bonchev–Trinajstić information content (AvgIpc) is 2.48. The number of anilines is 1. The second-order valence-electron chi connectivity index (χ2n) is 5.59. The minimum absolute atomic E-state index is 0.745. The summed E-state index contributed by atoms with van der Waals surface area (Å²) in [5, 5.41) is 0.745. The summed E-state index contributed by atoms with van der Waals surface area (Å²) < 4.78 is 0. The van der Waals surface area contributed by atoms with Gasteiger partial charge in [-0.25, -0.2) is 4.99 Å². The van der Waals surface area contributed by atoms with Crippen LogP contribution in [0, 0.1) is 0 Å². The first kappa shape index (κ1) is 14.4. The van der Waals surface area contributed by atoms with Gasteiger partial charge in [0.1, 0.15) is 0 Å². The van der Waals surface area contributed by atoms with Crippen molar-refractivity contribution in [3.63, 3.8) is 0 Å². The van der Waals surface area contributed by atoms with Gasteiger partial charge in [0.05, 0.1) is 17.1 Å². The van der Waals surface area contributed by atoms with E-state index in [1.54, 1.807) is 0 Å². The summed E-state index contributed by atoms with van der Waals surface area (Å²) in [7, 11) is 4.25. The molecule has 1 saturated heterocycles. The van der Waals surface area contributed by atoms with Crippen LogP contribution in [0.5, 0.6) is 0 Å². The molecule has 0 N–H and O–H groups in total. The monoisotopic (exact) mass is 304 g/mol. The zero-order valence-electron chi connectivity index (χ0n) is 12.8. The van der Waals surface area contributed by atoms with Gasteiger partial charge in [-0.1, -0.05) is 17.7 Å². The van der Waals surface area contributed by atoms with Crippen LogP contribution in [0.15, 0.2) is 35.0 Å². The van der Waals surface area contributed by atoms with E-state index in [1.165, 1.54) is 0 Å². The van der Waals surface area contributed by atoms with E-state index in [4.69, 9.17) is 16.6 Å². The zero-order valence-corrected chi connectivity index (χ0v) is 13.6. The van der Waals surface area contributed by atoms with Crippen LogP contribution in [-0.2, 0) is 0 Å². The SMILES string of the molecule is C/C=C1/C(N2CCN(C)CC2)=Nc2ccc(Cl)cc2N1C. The van der Waals surface area contributed by atoms with E-state index in [-0.39, 0.29) is 0 Å². The maximum Gasteiger partial charge on any atom is 0.153 e. The Bertz CT molecular complexity index is 600. The molecule has 0 aliphatic carbocycles. The number of halogens is 1. The Morgan fingerprint density at radius 1 is 1.14 bits per heavy atom. The van der Waals surface area contributed by atoms with Gasteiger partial charge < -0.3 is 14.7 Å². The zero-order chi connectivity index (χ0) is 15.0. The summed E-state index contributed by atoms with van der Waals surface area (Å²) in [5.74, 6) is 1.07. The van der Waals surface area contributed by atoms with Crippen molar-refractivity contribution < 1.29 is 0 Å². The molecular formula is C16H21ClN4. The highest BCUT2D eigenvalue weighted by atomic mass is 35.5. The summed E-state index contributed by atoms with van der Waals surface area (Å²) in [5.41, 5.74) is 3.20. The molecule has 1 aromatic carbocycles. The number of hydrogen-bond donors (Lipinski definition) is 0. The second kappa shape index (κ2) is 5.70. The van der Waals surface area contributed by atoms with Crippen molar-refractivity contribution in [3.05, 3.63) is 35.0 Å². The van der Waals surface area contributed by atoms with Crippen LogP contribution >= 0.6 is 11.6 Å². The first-order chi connectivity index (χ1) is 10.1. The lowest BCUT2D eigenvalue weighted by Gasteiger charge is -2.39. The number of amidine groups is 1. The highest BCUT2D eigenvalue weighted by Gasteiger charge is 2.27. The minimum atomic E-state index is 0.745. The lowest BCUT2D eigenvalue weighted by atomic mass is 10.1. The predicted octanol–water partition coefficient (Wildman–Crippen LogP) is 2.97. The fourth-order valence-electron chi connectivity index (χ4n) is 2.88. The second-order valence-corrected chi connectivity index (χ2v) is 6.03. The van der Waals surface area contributed by atoms with Crippen LogP contribution in [0.2, 0.25) is 5.02 Å². The van der Waals surface area contributed by atoms with Crippen LogP contribution in [0.3, 0.4) is 0 Å². The predicted molar refractivity (Wildman–Crippen MR) is 89.8 cm³/mol. The Morgan fingerprint density at radius 2 is 1.86 bits per heavy atom. The Labute approximate surface area is 131 Å². The molecule has 0 atom stereocenters. The minimum Gasteiger partial charge on any atom is -0.352 e. The molecule has 5 heteroatoms. The molecule has 0 amide bonds. The molecule has 112 valence electrons. The molecule has 2 aliphatic rings. The molecule has 2 aliphatic heterocycles. The Balaban J connectivity index is 2.00. The van der Waals surface area contributed by atoms with Crippen molar-refractivity contribution in [2.75, 3.05) is 45.2 Å². The first-order valence-electron chi connectivity index (χ1n) is 7.32. The smallest absolute Gasteiger partial charge is 0.153 e. The van der Waals surface area contributed by atoms with Crippen molar-refractivity contribution in [3.8, 4) is 0 Å². The molecule has 0 radical (unpaired) electrons. The lowest BCUT2D eigenvalue weighted by Crippen LogP contribution is -2.49. The Hall–Kier alpha value is -1.52. The topological polar surface area (TPSA) is 22.1 Å². The number of rotatable bonds is 0. The largest absolute Gasteiger partial charge is 0.352 e. The normalized spacial score (nSPS) is 21.5. The van der Waals surface area contributed by atoms with Gasteiger partial charge in [0, 0.05) is 38.2 Å². The molecular weight excluding hydrogens is 284 g/mol. The summed E-state index contributed by atoms with van der Waals surface area (Å²) in [6.07, 6.45) is 2.13. The van der Waals surface area contributed by atoms with Crippen LogP contribution in [0.25, 0.3) is 0 Å². The van der Waals surface area contributed by atoms with E-state index in [0.717, 1.165) is 54.1 Å². The van der Waals surface area contributed by atoms with Crippen molar-refractivity contribution in [2.45, 2.75) is 6.92 Å². The van der Waals surface area contributed by atoms with Crippen molar-refractivity contribution in [1.29, 1.82) is 0 Å². The molecule has 3 rings (SSSR count). The fourth-order valence-corrected chi connectivity index (χ4v) is 3.05. The molecule has 2 heterocycles. The molecule has 4 nitrogen and oxygen atoms in total.